The lowest BCUT2D eigenvalue weighted by atomic mass is 9.99. The molecule has 0 aromatic heterocycles. The van der Waals surface area contributed by atoms with Crippen LogP contribution in [0.2, 0.25) is 0 Å². The maximum absolute atomic E-state index is 13.1. The molecule has 0 bridgehead atoms. The van der Waals surface area contributed by atoms with E-state index in [-0.39, 0.29) is 23.1 Å². The van der Waals surface area contributed by atoms with Crippen LogP contribution in [0.4, 0.5) is 4.39 Å². The van der Waals surface area contributed by atoms with E-state index in [1.54, 1.807) is 4.90 Å². The highest BCUT2D eigenvalue weighted by Crippen LogP contribution is 2.31. The number of benzene rings is 1. The van der Waals surface area contributed by atoms with E-state index < -0.39 is 27.7 Å². The fourth-order valence-electron chi connectivity index (χ4n) is 3.49. The lowest BCUT2D eigenvalue weighted by Gasteiger charge is -2.38. The molecule has 1 N–H and O–H groups in total. The zero-order chi connectivity index (χ0) is 20.4. The van der Waals surface area contributed by atoms with E-state index in [4.69, 9.17) is 9.47 Å². The summed E-state index contributed by atoms with van der Waals surface area (Å²) < 4.78 is 52.2. The first kappa shape index (κ1) is 21.2. The largest absolute Gasteiger partial charge is 0.347 e. The Labute approximate surface area is 165 Å². The van der Waals surface area contributed by atoms with Gasteiger partial charge in [0.15, 0.2) is 5.79 Å². The molecule has 2 saturated heterocycles. The van der Waals surface area contributed by atoms with E-state index in [0.717, 1.165) is 12.1 Å². The lowest BCUT2D eigenvalue weighted by Crippen LogP contribution is -2.49. The Bertz CT molecular complexity index is 781. The molecule has 2 aliphatic rings. The van der Waals surface area contributed by atoms with E-state index >= 15 is 0 Å². The Balaban J connectivity index is 1.61. The summed E-state index contributed by atoms with van der Waals surface area (Å²) in [5, 5.41) is 0. The summed E-state index contributed by atoms with van der Waals surface area (Å²) in [6.07, 6.45) is 1.30. The minimum atomic E-state index is -3.84. The van der Waals surface area contributed by atoms with Crippen molar-refractivity contribution in [2.75, 3.05) is 26.3 Å². The third kappa shape index (κ3) is 4.89. The molecule has 1 atom stereocenters. The molecule has 3 rings (SSSR count). The molecule has 0 aliphatic carbocycles. The topological polar surface area (TPSA) is 84.9 Å². The second-order valence-corrected chi connectivity index (χ2v) is 9.33. The predicted octanol–water partition coefficient (Wildman–Crippen LogP) is 1.88. The van der Waals surface area contributed by atoms with Crippen LogP contribution in [-0.2, 0) is 24.3 Å². The summed E-state index contributed by atoms with van der Waals surface area (Å²) in [5.74, 6) is -1.25. The predicted molar refractivity (Wildman–Crippen MR) is 100 cm³/mol. The van der Waals surface area contributed by atoms with E-state index in [1.807, 2.05) is 13.8 Å². The molecule has 156 valence electrons. The summed E-state index contributed by atoms with van der Waals surface area (Å²) in [6.45, 7) is 5.92. The smallest absolute Gasteiger partial charge is 0.240 e. The van der Waals surface area contributed by atoms with E-state index in [2.05, 4.69) is 4.72 Å². The average molecular weight is 414 g/mol. The van der Waals surface area contributed by atoms with Crippen molar-refractivity contribution in [3.8, 4) is 0 Å². The Morgan fingerprint density at radius 2 is 1.75 bits per heavy atom. The summed E-state index contributed by atoms with van der Waals surface area (Å²) >= 11 is 0. The molecule has 1 amide bonds. The lowest BCUT2D eigenvalue weighted by molar-refractivity contribution is -0.187. The van der Waals surface area contributed by atoms with Gasteiger partial charge in [-0.05, 0) is 30.2 Å². The normalized spacial score (nSPS) is 20.6. The van der Waals surface area contributed by atoms with E-state index in [0.29, 0.717) is 39.1 Å². The van der Waals surface area contributed by atoms with Crippen molar-refractivity contribution in [2.24, 2.45) is 5.92 Å². The number of hydrogen-bond acceptors (Lipinski definition) is 5. The molecule has 0 radical (unpaired) electrons. The number of carbonyl (C=O) groups excluding carboxylic acids is 1. The van der Waals surface area contributed by atoms with Gasteiger partial charge in [0, 0.05) is 38.4 Å². The zero-order valence-corrected chi connectivity index (χ0v) is 17.0. The van der Waals surface area contributed by atoms with Crippen LogP contribution in [0.25, 0.3) is 0 Å². The maximum atomic E-state index is 13.1. The molecule has 2 aliphatic heterocycles. The Hall–Kier alpha value is -1.55. The number of hydrogen-bond donors (Lipinski definition) is 1. The van der Waals surface area contributed by atoms with Crippen LogP contribution in [0, 0.1) is 11.7 Å². The second-order valence-electron chi connectivity index (χ2n) is 7.62. The number of nitrogens with zero attached hydrogens (tertiary/aromatic N) is 1. The van der Waals surface area contributed by atoms with Crippen LogP contribution >= 0.6 is 0 Å². The van der Waals surface area contributed by atoms with Crippen molar-refractivity contribution < 1.29 is 27.1 Å². The highest BCUT2D eigenvalue weighted by atomic mass is 32.2. The van der Waals surface area contributed by atoms with Crippen LogP contribution in [0.5, 0.6) is 0 Å². The highest BCUT2D eigenvalue weighted by Gasteiger charge is 2.41. The van der Waals surface area contributed by atoms with Crippen molar-refractivity contribution in [2.45, 2.75) is 49.8 Å². The summed E-state index contributed by atoms with van der Waals surface area (Å²) in [4.78, 5) is 14.5. The molecule has 2 heterocycles. The summed E-state index contributed by atoms with van der Waals surface area (Å²) in [6, 6.07) is 4.06. The molecular formula is C19H27FN2O5S. The Morgan fingerprint density at radius 3 is 2.29 bits per heavy atom. The van der Waals surface area contributed by atoms with Gasteiger partial charge in [-0.25, -0.2) is 17.5 Å². The van der Waals surface area contributed by atoms with Gasteiger partial charge in [-0.3, -0.25) is 4.79 Å². The van der Waals surface area contributed by atoms with Gasteiger partial charge in [-0.2, -0.15) is 0 Å². The highest BCUT2D eigenvalue weighted by molar-refractivity contribution is 7.89. The summed E-state index contributed by atoms with van der Waals surface area (Å²) in [7, 11) is -3.84. The molecule has 1 spiro atoms. The van der Waals surface area contributed by atoms with Gasteiger partial charge in [-0.15, -0.1) is 0 Å². The number of carbonyl (C=O) groups is 1. The van der Waals surface area contributed by atoms with Crippen molar-refractivity contribution in [1.29, 1.82) is 0 Å². The first-order chi connectivity index (χ1) is 13.2. The van der Waals surface area contributed by atoms with Gasteiger partial charge in [0.1, 0.15) is 5.82 Å². The van der Waals surface area contributed by atoms with Crippen LogP contribution in [0.15, 0.2) is 29.2 Å². The number of nitrogens with one attached hydrogen (secondary N) is 1. The minimum absolute atomic E-state index is 0.0255. The van der Waals surface area contributed by atoms with E-state index in [9.17, 15) is 17.6 Å². The quantitative estimate of drug-likeness (QED) is 0.768. The van der Waals surface area contributed by atoms with Crippen molar-refractivity contribution in [3.63, 3.8) is 0 Å². The maximum Gasteiger partial charge on any atom is 0.240 e. The number of rotatable bonds is 6. The number of ether oxygens (including phenoxy) is 2. The van der Waals surface area contributed by atoms with E-state index in [1.165, 1.54) is 12.1 Å². The number of sulfonamides is 1. The first-order valence-corrected chi connectivity index (χ1v) is 11.0. The summed E-state index contributed by atoms with van der Waals surface area (Å²) in [5.41, 5.74) is 0. The van der Waals surface area contributed by atoms with Gasteiger partial charge in [0.05, 0.1) is 18.1 Å². The van der Waals surface area contributed by atoms with Gasteiger partial charge in [0.2, 0.25) is 15.9 Å². The molecule has 1 unspecified atom stereocenters. The molecule has 2 fully saturated rings. The fraction of sp³-hybridized carbons (Fsp3) is 0.632. The molecule has 7 nitrogen and oxygen atoms in total. The monoisotopic (exact) mass is 414 g/mol. The van der Waals surface area contributed by atoms with Crippen molar-refractivity contribution in [1.82, 2.24) is 9.62 Å². The third-order valence-corrected chi connectivity index (χ3v) is 6.83. The van der Waals surface area contributed by atoms with Gasteiger partial charge in [0.25, 0.3) is 0 Å². The van der Waals surface area contributed by atoms with Gasteiger partial charge in [-0.1, -0.05) is 13.8 Å². The third-order valence-electron chi connectivity index (χ3n) is 5.32. The molecule has 9 heteroatoms. The molecule has 1 aromatic carbocycles. The SMILES string of the molecule is CC(C)C(CC(=O)N1CCC2(CC1)OCCO2)NS(=O)(=O)c1ccc(F)cc1. The fourth-order valence-corrected chi connectivity index (χ4v) is 4.88. The van der Waals surface area contributed by atoms with Gasteiger partial charge >= 0.3 is 0 Å². The first-order valence-electron chi connectivity index (χ1n) is 9.54. The van der Waals surface area contributed by atoms with Crippen molar-refractivity contribution >= 4 is 15.9 Å². The number of piperidine rings is 1. The van der Waals surface area contributed by atoms with Crippen LogP contribution in [0.3, 0.4) is 0 Å². The zero-order valence-electron chi connectivity index (χ0n) is 16.2. The van der Waals surface area contributed by atoms with Crippen molar-refractivity contribution in [3.05, 3.63) is 30.1 Å². The number of amides is 1. The molecule has 0 saturated carbocycles. The minimum Gasteiger partial charge on any atom is -0.347 e. The molecule has 28 heavy (non-hydrogen) atoms. The average Bonchev–Trinajstić information content (AvgIpc) is 3.09. The van der Waals surface area contributed by atoms with Gasteiger partial charge < -0.3 is 14.4 Å². The number of likely N-dealkylation sites (tertiary alicyclic amines) is 1. The van der Waals surface area contributed by atoms with Crippen LogP contribution < -0.4 is 4.72 Å². The molecule has 1 aromatic rings. The standard InChI is InChI=1S/C19H27FN2O5S/c1-14(2)17(21-28(24,25)16-5-3-15(20)4-6-16)13-18(23)22-9-7-19(8-10-22)26-11-12-27-19/h3-6,14,17,21H,7-13H2,1-2H3. The molecular weight excluding hydrogens is 387 g/mol. The van der Waals surface area contributed by atoms with Crippen LogP contribution in [0.1, 0.15) is 33.1 Å². The Morgan fingerprint density at radius 1 is 1.18 bits per heavy atom. The number of halogens is 1. The Kier molecular flexibility index (Phi) is 6.38. The second kappa shape index (κ2) is 8.44. The van der Waals surface area contributed by atoms with Crippen LogP contribution in [-0.4, -0.2) is 57.4 Å².